The van der Waals surface area contributed by atoms with E-state index >= 15 is 0 Å². The van der Waals surface area contributed by atoms with Gasteiger partial charge in [0.2, 0.25) is 0 Å². The lowest BCUT2D eigenvalue weighted by molar-refractivity contribution is -0.114. The van der Waals surface area contributed by atoms with Gasteiger partial charge in [-0.2, -0.15) is 0 Å². The van der Waals surface area contributed by atoms with Crippen LogP contribution < -0.4 is 15.1 Å². The van der Waals surface area contributed by atoms with E-state index in [1.807, 2.05) is 6.07 Å². The maximum Gasteiger partial charge on any atom is 0.299 e. The van der Waals surface area contributed by atoms with Crippen molar-refractivity contribution < 1.29 is 18.4 Å². The minimum atomic E-state index is -1.00. The number of amides is 1. The third-order valence-corrected chi connectivity index (χ3v) is 4.80. The molecule has 2 aliphatic heterocycles. The number of Topliss-reactive ketones (excluding diaryl/α,β-unsaturated/α-hetero) is 1. The number of ketones is 1. The Balaban J connectivity index is 1.73. The molecule has 26 heavy (non-hydrogen) atoms. The van der Waals surface area contributed by atoms with Crippen LogP contribution in [0.25, 0.3) is 0 Å². The molecule has 0 unspecified atom stereocenters. The smallest absolute Gasteiger partial charge is 0.299 e. The molecule has 134 valence electrons. The molecule has 0 atom stereocenters. The van der Waals surface area contributed by atoms with Crippen molar-refractivity contribution in [2.45, 2.75) is 6.54 Å². The van der Waals surface area contributed by atoms with E-state index in [-0.39, 0.29) is 12.1 Å². The molecule has 0 saturated carbocycles. The van der Waals surface area contributed by atoms with Gasteiger partial charge in [0.15, 0.2) is 11.6 Å². The van der Waals surface area contributed by atoms with Crippen molar-refractivity contribution in [2.75, 3.05) is 36.0 Å². The lowest BCUT2D eigenvalue weighted by Crippen LogP contribution is -2.44. The predicted octanol–water partition coefficient (Wildman–Crippen LogP) is 2.10. The highest BCUT2D eigenvalue weighted by molar-refractivity contribution is 6.53. The molecule has 0 aromatic heterocycles. The SMILES string of the molecule is O=C1C(=O)N(Cc2cccc(F)c2F)c2cccc(N3CCNCC3)c21. The van der Waals surface area contributed by atoms with Gasteiger partial charge in [-0.1, -0.05) is 18.2 Å². The molecule has 0 aliphatic carbocycles. The fraction of sp³-hybridized carbons (Fsp3) is 0.263. The van der Waals surface area contributed by atoms with Gasteiger partial charge in [-0.25, -0.2) is 8.78 Å². The van der Waals surface area contributed by atoms with Crippen molar-refractivity contribution in [1.29, 1.82) is 0 Å². The highest BCUT2D eigenvalue weighted by Crippen LogP contribution is 2.37. The topological polar surface area (TPSA) is 52.7 Å². The number of nitrogens with one attached hydrogen (secondary N) is 1. The zero-order valence-electron chi connectivity index (χ0n) is 14.0. The minimum Gasteiger partial charge on any atom is -0.368 e. The van der Waals surface area contributed by atoms with E-state index in [2.05, 4.69) is 10.2 Å². The van der Waals surface area contributed by atoms with E-state index in [4.69, 9.17) is 0 Å². The van der Waals surface area contributed by atoms with Crippen LogP contribution >= 0.6 is 0 Å². The van der Waals surface area contributed by atoms with Crippen LogP contribution in [0.5, 0.6) is 0 Å². The van der Waals surface area contributed by atoms with E-state index in [9.17, 15) is 18.4 Å². The zero-order chi connectivity index (χ0) is 18.3. The number of nitrogens with zero attached hydrogens (tertiary/aromatic N) is 2. The molecule has 2 aromatic rings. The maximum absolute atomic E-state index is 14.0. The zero-order valence-corrected chi connectivity index (χ0v) is 14.0. The molecule has 2 heterocycles. The molecule has 2 aliphatic rings. The number of anilines is 2. The van der Waals surface area contributed by atoms with E-state index in [0.717, 1.165) is 32.2 Å². The maximum atomic E-state index is 14.0. The molecule has 1 fully saturated rings. The summed E-state index contributed by atoms with van der Waals surface area (Å²) in [6, 6.07) is 9.08. The molecule has 4 rings (SSSR count). The van der Waals surface area contributed by atoms with Crippen molar-refractivity contribution in [3.05, 3.63) is 59.2 Å². The number of carbonyl (C=O) groups is 2. The van der Waals surface area contributed by atoms with Crippen molar-refractivity contribution in [3.8, 4) is 0 Å². The average Bonchev–Trinajstić information content (AvgIpc) is 2.91. The van der Waals surface area contributed by atoms with Gasteiger partial charge < -0.3 is 15.1 Å². The molecular formula is C19H17F2N3O2. The molecule has 0 bridgehead atoms. The lowest BCUT2D eigenvalue weighted by atomic mass is 10.1. The molecule has 1 N–H and O–H groups in total. The van der Waals surface area contributed by atoms with Gasteiger partial charge in [-0.3, -0.25) is 9.59 Å². The fourth-order valence-corrected chi connectivity index (χ4v) is 3.49. The third kappa shape index (κ3) is 2.64. The van der Waals surface area contributed by atoms with Gasteiger partial charge in [0.25, 0.3) is 11.7 Å². The Hall–Kier alpha value is -2.80. The van der Waals surface area contributed by atoms with Crippen LogP contribution in [-0.2, 0) is 11.3 Å². The number of hydrogen-bond acceptors (Lipinski definition) is 4. The van der Waals surface area contributed by atoms with Crippen molar-refractivity contribution in [2.24, 2.45) is 0 Å². The summed E-state index contributed by atoms with van der Waals surface area (Å²) >= 11 is 0. The van der Waals surface area contributed by atoms with E-state index in [1.165, 1.54) is 17.0 Å². The van der Waals surface area contributed by atoms with Gasteiger partial charge in [0.1, 0.15) is 0 Å². The molecule has 2 aromatic carbocycles. The summed E-state index contributed by atoms with van der Waals surface area (Å²) in [6.45, 7) is 2.87. The fourth-order valence-electron chi connectivity index (χ4n) is 3.49. The Morgan fingerprint density at radius 2 is 1.65 bits per heavy atom. The van der Waals surface area contributed by atoms with Gasteiger partial charge in [0.05, 0.1) is 23.5 Å². The Bertz CT molecular complexity index is 894. The largest absolute Gasteiger partial charge is 0.368 e. The summed E-state index contributed by atoms with van der Waals surface area (Å²) in [6.07, 6.45) is 0. The van der Waals surface area contributed by atoms with Gasteiger partial charge in [-0.05, 0) is 18.2 Å². The summed E-state index contributed by atoms with van der Waals surface area (Å²) in [5.41, 5.74) is 1.53. The summed E-state index contributed by atoms with van der Waals surface area (Å²) in [4.78, 5) is 28.4. The molecule has 1 amide bonds. The van der Waals surface area contributed by atoms with Crippen LogP contribution in [0.4, 0.5) is 20.2 Å². The number of benzene rings is 2. The van der Waals surface area contributed by atoms with Crippen molar-refractivity contribution in [1.82, 2.24) is 5.32 Å². The first kappa shape index (κ1) is 16.7. The van der Waals surface area contributed by atoms with Crippen molar-refractivity contribution >= 4 is 23.1 Å². The summed E-state index contributed by atoms with van der Waals surface area (Å²) in [5.74, 6) is -3.30. The second-order valence-electron chi connectivity index (χ2n) is 6.34. The second kappa shape index (κ2) is 6.49. The van der Waals surface area contributed by atoms with Crippen molar-refractivity contribution in [3.63, 3.8) is 0 Å². The summed E-state index contributed by atoms with van der Waals surface area (Å²) in [5, 5.41) is 3.24. The van der Waals surface area contributed by atoms with Gasteiger partial charge in [0, 0.05) is 31.7 Å². The van der Waals surface area contributed by atoms with Crippen LogP contribution in [-0.4, -0.2) is 37.9 Å². The van der Waals surface area contributed by atoms with Gasteiger partial charge in [-0.15, -0.1) is 0 Å². The van der Waals surface area contributed by atoms with Gasteiger partial charge >= 0.3 is 0 Å². The highest BCUT2D eigenvalue weighted by Gasteiger charge is 2.39. The third-order valence-electron chi connectivity index (χ3n) is 4.80. The quantitative estimate of drug-likeness (QED) is 0.855. The highest BCUT2D eigenvalue weighted by atomic mass is 19.2. The number of hydrogen-bond donors (Lipinski definition) is 1. The molecule has 5 nitrogen and oxygen atoms in total. The Morgan fingerprint density at radius 1 is 0.962 bits per heavy atom. The normalized spacial score (nSPS) is 17.0. The number of carbonyl (C=O) groups excluding carboxylic acids is 2. The first-order valence-corrected chi connectivity index (χ1v) is 8.45. The monoisotopic (exact) mass is 357 g/mol. The van der Waals surface area contributed by atoms with E-state index in [0.29, 0.717) is 16.9 Å². The minimum absolute atomic E-state index is 0.0339. The second-order valence-corrected chi connectivity index (χ2v) is 6.34. The molecule has 1 saturated heterocycles. The average molecular weight is 357 g/mol. The first-order valence-electron chi connectivity index (χ1n) is 8.45. The molecule has 0 radical (unpaired) electrons. The Labute approximate surface area is 149 Å². The van der Waals surface area contributed by atoms with E-state index < -0.39 is 23.3 Å². The summed E-state index contributed by atoms with van der Waals surface area (Å²) < 4.78 is 27.5. The lowest BCUT2D eigenvalue weighted by Gasteiger charge is -2.30. The van der Waals surface area contributed by atoms with E-state index in [1.54, 1.807) is 12.1 Å². The number of piperazine rings is 1. The predicted molar refractivity (Wildman–Crippen MR) is 93.4 cm³/mol. The standard InChI is InChI=1S/C19H17F2N3O2/c20-13-4-1-3-12(17(13)21)11-24-15-6-2-5-14(16(15)18(25)19(24)26)23-9-7-22-8-10-23/h1-6,22H,7-11H2. The molecule has 7 heteroatoms. The number of halogens is 2. The molecular weight excluding hydrogens is 340 g/mol. The van der Waals surface area contributed by atoms with Crippen LogP contribution in [0.15, 0.2) is 36.4 Å². The number of fused-ring (bicyclic) bond motifs is 1. The first-order chi connectivity index (χ1) is 12.6. The Kier molecular flexibility index (Phi) is 4.16. The Morgan fingerprint density at radius 3 is 2.42 bits per heavy atom. The number of rotatable bonds is 3. The van der Waals surface area contributed by atoms with Crippen LogP contribution in [0.3, 0.4) is 0 Å². The summed E-state index contributed by atoms with van der Waals surface area (Å²) in [7, 11) is 0. The molecule has 0 spiro atoms. The van der Waals surface area contributed by atoms with Crippen LogP contribution in [0.2, 0.25) is 0 Å². The van der Waals surface area contributed by atoms with Crippen LogP contribution in [0.1, 0.15) is 15.9 Å². The van der Waals surface area contributed by atoms with Crippen LogP contribution in [0, 0.1) is 11.6 Å².